The van der Waals surface area contributed by atoms with E-state index in [9.17, 15) is 14.9 Å². The van der Waals surface area contributed by atoms with Gasteiger partial charge in [0.1, 0.15) is 0 Å². The fourth-order valence-electron chi connectivity index (χ4n) is 1.44. The van der Waals surface area contributed by atoms with Crippen LogP contribution in [-0.4, -0.2) is 15.9 Å². The number of amides is 1. The molecule has 0 fully saturated rings. The topological polar surface area (TPSA) is 76.3 Å². The van der Waals surface area contributed by atoms with Crippen molar-refractivity contribution >= 4 is 11.7 Å². The van der Waals surface area contributed by atoms with Crippen LogP contribution >= 0.6 is 0 Å². The molecule has 90 valence electrons. The van der Waals surface area contributed by atoms with Gasteiger partial charge in [-0.15, -0.1) is 0 Å². The van der Waals surface area contributed by atoms with E-state index in [0.29, 0.717) is 5.01 Å². The monoisotopic (exact) mass is 243 g/mol. The van der Waals surface area contributed by atoms with Gasteiger partial charge in [-0.05, 0) is 29.3 Å². The van der Waals surface area contributed by atoms with E-state index in [2.05, 4.69) is 4.98 Å². The molecule has 18 heavy (non-hydrogen) atoms. The zero-order valence-corrected chi connectivity index (χ0v) is 9.26. The second-order valence-corrected chi connectivity index (χ2v) is 3.41. The van der Waals surface area contributed by atoms with Crippen molar-refractivity contribution in [2.24, 2.45) is 0 Å². The van der Waals surface area contributed by atoms with Crippen molar-refractivity contribution in [1.29, 1.82) is 0 Å². The number of carbonyl (C=O) groups is 1. The summed E-state index contributed by atoms with van der Waals surface area (Å²) in [5, 5.41) is 10.6. The highest BCUT2D eigenvalue weighted by atomic mass is 16.7. The van der Waals surface area contributed by atoms with Crippen molar-refractivity contribution in [2.75, 3.05) is 5.01 Å². The summed E-state index contributed by atoms with van der Waals surface area (Å²) >= 11 is 0. The summed E-state index contributed by atoms with van der Waals surface area (Å²) in [6.45, 7) is 0. The molecule has 1 amide bonds. The maximum absolute atomic E-state index is 12.0. The average Bonchev–Trinajstić information content (AvgIpc) is 2.40. The van der Waals surface area contributed by atoms with E-state index in [1.807, 2.05) is 0 Å². The van der Waals surface area contributed by atoms with Crippen LogP contribution in [0.4, 0.5) is 5.82 Å². The average molecular weight is 243 g/mol. The van der Waals surface area contributed by atoms with Crippen molar-refractivity contribution in [1.82, 2.24) is 4.98 Å². The fourth-order valence-corrected chi connectivity index (χ4v) is 1.44. The number of hydrazine groups is 1. The lowest BCUT2D eigenvalue weighted by Crippen LogP contribution is -2.36. The van der Waals surface area contributed by atoms with Gasteiger partial charge in [0, 0.05) is 11.8 Å². The Balaban J connectivity index is 2.39. The third-order valence-electron chi connectivity index (χ3n) is 2.24. The first-order valence-corrected chi connectivity index (χ1v) is 5.15. The second kappa shape index (κ2) is 5.05. The Morgan fingerprint density at radius 1 is 1.11 bits per heavy atom. The van der Waals surface area contributed by atoms with Crippen LogP contribution in [0.25, 0.3) is 0 Å². The van der Waals surface area contributed by atoms with Gasteiger partial charge in [-0.3, -0.25) is 4.79 Å². The van der Waals surface area contributed by atoms with Gasteiger partial charge in [0.15, 0.2) is 5.03 Å². The van der Waals surface area contributed by atoms with E-state index in [-0.39, 0.29) is 11.4 Å². The number of anilines is 1. The number of nitro groups is 1. The predicted molar refractivity (Wildman–Crippen MR) is 64.5 cm³/mol. The molecule has 0 aliphatic carbocycles. The van der Waals surface area contributed by atoms with E-state index in [1.54, 1.807) is 30.3 Å². The summed E-state index contributed by atoms with van der Waals surface area (Å²) < 4.78 is 0. The molecule has 0 spiro atoms. The van der Waals surface area contributed by atoms with Crippen LogP contribution in [0.3, 0.4) is 0 Å². The minimum Gasteiger partial charge on any atom is -0.262 e. The summed E-state index contributed by atoms with van der Waals surface area (Å²) in [4.78, 5) is 26.8. The number of benzene rings is 1. The number of nitrogens with zero attached hydrogens (tertiary/aromatic N) is 3. The Kier molecular flexibility index (Phi) is 3.29. The zero-order chi connectivity index (χ0) is 13.0. The molecule has 0 saturated carbocycles. The second-order valence-electron chi connectivity index (χ2n) is 3.41. The molecule has 2 rings (SSSR count). The third kappa shape index (κ3) is 2.32. The summed E-state index contributed by atoms with van der Waals surface area (Å²) in [5.74, 6) is -0.740. The summed E-state index contributed by atoms with van der Waals surface area (Å²) in [5.41, 5.74) is 0.236. The molecule has 0 radical (unpaired) electrons. The molecule has 0 bridgehead atoms. The standard InChI is InChI=1S/C12H9N3O3/c16-12(10-6-2-1-3-7-10)14(15(17)18)11-8-4-5-9-13-11/h1-9H. The first kappa shape index (κ1) is 11.7. The fraction of sp³-hybridized carbons (Fsp3) is 0. The molecule has 0 N–H and O–H groups in total. The number of carbonyl (C=O) groups excluding carboxylic acids is 1. The Morgan fingerprint density at radius 3 is 2.33 bits per heavy atom. The lowest BCUT2D eigenvalue weighted by Gasteiger charge is -2.10. The lowest BCUT2D eigenvalue weighted by atomic mass is 10.2. The quantitative estimate of drug-likeness (QED) is 0.609. The predicted octanol–water partition coefficient (Wildman–Crippen LogP) is 1.92. The van der Waals surface area contributed by atoms with E-state index >= 15 is 0 Å². The molecule has 0 saturated heterocycles. The maximum atomic E-state index is 12.0. The maximum Gasteiger partial charge on any atom is 0.321 e. The van der Waals surface area contributed by atoms with Crippen LogP contribution in [0.5, 0.6) is 0 Å². The minimum absolute atomic E-state index is 0.0173. The molecular formula is C12H9N3O3. The van der Waals surface area contributed by atoms with Gasteiger partial charge in [0.25, 0.3) is 0 Å². The first-order valence-electron chi connectivity index (χ1n) is 5.15. The molecule has 2 aromatic rings. The van der Waals surface area contributed by atoms with Crippen LogP contribution in [-0.2, 0) is 0 Å². The third-order valence-corrected chi connectivity index (χ3v) is 2.24. The molecule has 1 aromatic carbocycles. The zero-order valence-electron chi connectivity index (χ0n) is 9.26. The van der Waals surface area contributed by atoms with Crippen molar-refractivity contribution in [3.8, 4) is 0 Å². The van der Waals surface area contributed by atoms with Gasteiger partial charge >= 0.3 is 5.91 Å². The van der Waals surface area contributed by atoms with E-state index < -0.39 is 10.9 Å². The first-order chi connectivity index (χ1) is 8.70. The van der Waals surface area contributed by atoms with Gasteiger partial charge in [0.2, 0.25) is 5.82 Å². The molecule has 0 aliphatic heterocycles. The summed E-state index contributed by atoms with van der Waals surface area (Å²) in [6.07, 6.45) is 1.39. The number of rotatable bonds is 3. The minimum atomic E-state index is -0.780. The molecule has 1 aromatic heterocycles. The van der Waals surface area contributed by atoms with Crippen LogP contribution in [0, 0.1) is 10.1 Å². The van der Waals surface area contributed by atoms with E-state index in [4.69, 9.17) is 0 Å². The van der Waals surface area contributed by atoms with Crippen LogP contribution < -0.4 is 5.01 Å². The molecule has 0 atom stereocenters. The summed E-state index contributed by atoms with van der Waals surface area (Å²) in [6, 6.07) is 12.7. The number of hydrogen-bond acceptors (Lipinski definition) is 4. The summed E-state index contributed by atoms with van der Waals surface area (Å²) in [7, 11) is 0. The number of hydrogen-bond donors (Lipinski definition) is 0. The molecule has 0 unspecified atom stereocenters. The lowest BCUT2D eigenvalue weighted by molar-refractivity contribution is -0.482. The van der Waals surface area contributed by atoms with Gasteiger partial charge in [-0.25, -0.2) is 15.1 Å². The van der Waals surface area contributed by atoms with Gasteiger partial charge in [-0.1, -0.05) is 24.3 Å². The van der Waals surface area contributed by atoms with Crippen molar-refractivity contribution in [3.05, 3.63) is 70.4 Å². The molecule has 0 aliphatic rings. The Labute approximate surface area is 103 Å². The van der Waals surface area contributed by atoms with Gasteiger partial charge in [-0.2, -0.15) is 0 Å². The molecular weight excluding hydrogens is 234 g/mol. The molecule has 1 heterocycles. The smallest absolute Gasteiger partial charge is 0.262 e. The molecule has 6 heteroatoms. The van der Waals surface area contributed by atoms with Gasteiger partial charge in [0.05, 0.1) is 0 Å². The van der Waals surface area contributed by atoms with Crippen molar-refractivity contribution < 1.29 is 9.83 Å². The Morgan fingerprint density at radius 2 is 1.78 bits per heavy atom. The Hall–Kier alpha value is -2.76. The highest BCUT2D eigenvalue weighted by Gasteiger charge is 2.28. The number of pyridine rings is 1. The van der Waals surface area contributed by atoms with Crippen molar-refractivity contribution in [2.45, 2.75) is 0 Å². The highest BCUT2D eigenvalue weighted by molar-refractivity contribution is 6.03. The molecule has 6 nitrogen and oxygen atoms in total. The van der Waals surface area contributed by atoms with E-state index in [1.165, 1.54) is 24.4 Å². The van der Waals surface area contributed by atoms with Crippen molar-refractivity contribution in [3.63, 3.8) is 0 Å². The van der Waals surface area contributed by atoms with Crippen LogP contribution in [0.2, 0.25) is 0 Å². The largest absolute Gasteiger partial charge is 0.321 e. The van der Waals surface area contributed by atoms with Crippen LogP contribution in [0.15, 0.2) is 54.7 Å². The SMILES string of the molecule is O=C(c1ccccc1)N(c1ccccn1)[N+](=O)[O-]. The normalized spacial score (nSPS) is 9.78. The highest BCUT2D eigenvalue weighted by Crippen LogP contribution is 2.13. The number of aromatic nitrogens is 1. The Bertz CT molecular complexity index is 557. The van der Waals surface area contributed by atoms with Gasteiger partial charge < -0.3 is 0 Å². The van der Waals surface area contributed by atoms with Crippen LogP contribution in [0.1, 0.15) is 10.4 Å². The van der Waals surface area contributed by atoms with E-state index in [0.717, 1.165) is 0 Å².